The van der Waals surface area contributed by atoms with E-state index in [1.165, 1.54) is 6.07 Å². The highest BCUT2D eigenvalue weighted by Gasteiger charge is 2.32. The minimum Gasteiger partial charge on any atom is -0.478 e. The lowest BCUT2D eigenvalue weighted by Crippen LogP contribution is -2.30. The molecule has 3 N–H and O–H groups in total. The Morgan fingerprint density at radius 1 is 1.47 bits per heavy atom. The van der Waals surface area contributed by atoms with Gasteiger partial charge in [-0.25, -0.2) is 9.59 Å². The number of benzene rings is 1. The molecule has 1 aromatic carbocycles. The normalized spacial score (nSPS) is 20.7. The van der Waals surface area contributed by atoms with Gasteiger partial charge in [0.25, 0.3) is 0 Å². The lowest BCUT2D eigenvalue weighted by molar-refractivity contribution is 0.0696. The third-order valence-corrected chi connectivity index (χ3v) is 3.95. The number of halogens is 1. The molecule has 0 heterocycles. The van der Waals surface area contributed by atoms with Gasteiger partial charge in [-0.2, -0.15) is 0 Å². The predicted molar refractivity (Wildman–Crippen MR) is 75.4 cm³/mol. The van der Waals surface area contributed by atoms with Gasteiger partial charge in [-0.3, -0.25) is 0 Å². The number of anilines is 1. The molecule has 1 aromatic rings. The van der Waals surface area contributed by atoms with Crippen molar-refractivity contribution in [3.05, 3.63) is 28.2 Å². The molecule has 2 rings (SSSR count). The minimum atomic E-state index is -1.04. The standard InChI is InChI=1S/C13H15BrN2O3/c1-7-4-8(7)6-15-13(19)16-9-2-3-11(14)10(5-9)12(17)18/h2-3,5,7-8H,4,6H2,1H3,(H,17,18)(H2,15,16,19). The van der Waals surface area contributed by atoms with Gasteiger partial charge in [0, 0.05) is 16.7 Å². The highest BCUT2D eigenvalue weighted by atomic mass is 79.9. The maximum Gasteiger partial charge on any atom is 0.336 e. The average Bonchev–Trinajstić information content (AvgIpc) is 3.05. The van der Waals surface area contributed by atoms with E-state index >= 15 is 0 Å². The molecule has 2 unspecified atom stereocenters. The molecule has 1 fully saturated rings. The molecular formula is C13H15BrN2O3. The Morgan fingerprint density at radius 3 is 2.74 bits per heavy atom. The molecule has 0 bridgehead atoms. The molecule has 0 aliphatic heterocycles. The van der Waals surface area contributed by atoms with Gasteiger partial charge < -0.3 is 15.7 Å². The van der Waals surface area contributed by atoms with Crippen molar-refractivity contribution in [2.45, 2.75) is 13.3 Å². The lowest BCUT2D eigenvalue weighted by Gasteiger charge is -2.08. The molecule has 0 saturated heterocycles. The first-order valence-electron chi connectivity index (χ1n) is 6.05. The molecule has 1 saturated carbocycles. The number of carboxylic acid groups (broad SMARTS) is 1. The second-order valence-electron chi connectivity index (χ2n) is 4.81. The number of hydrogen-bond acceptors (Lipinski definition) is 2. The summed E-state index contributed by atoms with van der Waals surface area (Å²) in [6.45, 7) is 2.81. The molecule has 19 heavy (non-hydrogen) atoms. The van der Waals surface area contributed by atoms with Gasteiger partial charge in [0.05, 0.1) is 5.56 Å². The Hall–Kier alpha value is -1.56. The molecular weight excluding hydrogens is 312 g/mol. The van der Waals surface area contributed by atoms with Crippen molar-refractivity contribution >= 4 is 33.6 Å². The number of carbonyl (C=O) groups excluding carboxylic acids is 1. The molecule has 0 aromatic heterocycles. The van der Waals surface area contributed by atoms with E-state index in [0.717, 1.165) is 6.42 Å². The summed E-state index contributed by atoms with van der Waals surface area (Å²) in [6, 6.07) is 4.36. The molecule has 2 atom stereocenters. The van der Waals surface area contributed by atoms with Crippen LogP contribution in [0.1, 0.15) is 23.7 Å². The summed E-state index contributed by atoms with van der Waals surface area (Å²) < 4.78 is 0.484. The third kappa shape index (κ3) is 3.70. The maximum atomic E-state index is 11.6. The summed E-state index contributed by atoms with van der Waals surface area (Å²) >= 11 is 3.15. The third-order valence-electron chi connectivity index (χ3n) is 3.26. The molecule has 2 amide bonds. The van der Waals surface area contributed by atoms with Crippen LogP contribution in [0.3, 0.4) is 0 Å². The molecule has 0 spiro atoms. The molecule has 0 radical (unpaired) electrons. The van der Waals surface area contributed by atoms with Gasteiger partial charge in [0.1, 0.15) is 0 Å². The van der Waals surface area contributed by atoms with Gasteiger partial charge in [-0.1, -0.05) is 6.92 Å². The van der Waals surface area contributed by atoms with Crippen LogP contribution in [0, 0.1) is 11.8 Å². The SMILES string of the molecule is CC1CC1CNC(=O)Nc1ccc(Br)c(C(=O)O)c1. The Labute approximate surface area is 119 Å². The second-order valence-corrected chi connectivity index (χ2v) is 5.66. The minimum absolute atomic E-state index is 0.119. The number of rotatable bonds is 4. The van der Waals surface area contributed by atoms with Crippen LogP contribution in [-0.2, 0) is 0 Å². The Balaban J connectivity index is 1.92. The van der Waals surface area contributed by atoms with Crippen LogP contribution < -0.4 is 10.6 Å². The fourth-order valence-corrected chi connectivity index (χ4v) is 2.27. The van der Waals surface area contributed by atoms with Gasteiger partial charge in [0.2, 0.25) is 0 Å². The number of nitrogens with one attached hydrogen (secondary N) is 2. The van der Waals surface area contributed by atoms with Crippen LogP contribution in [0.25, 0.3) is 0 Å². The first-order chi connectivity index (χ1) is 8.97. The van der Waals surface area contributed by atoms with Gasteiger partial charge in [0.15, 0.2) is 0 Å². The van der Waals surface area contributed by atoms with E-state index < -0.39 is 5.97 Å². The van der Waals surface area contributed by atoms with Crippen LogP contribution in [0.15, 0.2) is 22.7 Å². The summed E-state index contributed by atoms with van der Waals surface area (Å²) in [4.78, 5) is 22.6. The number of urea groups is 1. The first-order valence-corrected chi connectivity index (χ1v) is 6.84. The highest BCUT2D eigenvalue weighted by molar-refractivity contribution is 9.10. The molecule has 1 aliphatic rings. The topological polar surface area (TPSA) is 78.4 Å². The van der Waals surface area contributed by atoms with Crippen LogP contribution in [0.4, 0.5) is 10.5 Å². The summed E-state index contributed by atoms with van der Waals surface area (Å²) in [7, 11) is 0. The van der Waals surface area contributed by atoms with Crippen molar-refractivity contribution in [2.75, 3.05) is 11.9 Å². The van der Waals surface area contributed by atoms with E-state index in [2.05, 4.69) is 33.5 Å². The zero-order chi connectivity index (χ0) is 14.0. The fraction of sp³-hybridized carbons (Fsp3) is 0.385. The zero-order valence-electron chi connectivity index (χ0n) is 10.4. The molecule has 5 nitrogen and oxygen atoms in total. The van der Waals surface area contributed by atoms with Crippen molar-refractivity contribution < 1.29 is 14.7 Å². The molecule has 102 valence electrons. The van der Waals surface area contributed by atoms with Crippen molar-refractivity contribution in [1.29, 1.82) is 0 Å². The number of aromatic carboxylic acids is 1. The highest BCUT2D eigenvalue weighted by Crippen LogP contribution is 2.36. The Bertz CT molecular complexity index is 519. The predicted octanol–water partition coefficient (Wildman–Crippen LogP) is 2.92. The quantitative estimate of drug-likeness (QED) is 0.796. The molecule has 1 aliphatic carbocycles. The second kappa shape index (κ2) is 5.61. The van der Waals surface area contributed by atoms with Crippen molar-refractivity contribution in [3.8, 4) is 0 Å². The monoisotopic (exact) mass is 326 g/mol. The van der Waals surface area contributed by atoms with E-state index in [4.69, 9.17) is 5.11 Å². The van der Waals surface area contributed by atoms with E-state index in [0.29, 0.717) is 28.5 Å². The largest absolute Gasteiger partial charge is 0.478 e. The van der Waals surface area contributed by atoms with E-state index in [1.54, 1.807) is 12.1 Å². The van der Waals surface area contributed by atoms with Crippen molar-refractivity contribution in [1.82, 2.24) is 5.32 Å². The van der Waals surface area contributed by atoms with Gasteiger partial charge >= 0.3 is 12.0 Å². The lowest BCUT2D eigenvalue weighted by atomic mass is 10.2. The Kier molecular flexibility index (Phi) is 4.09. The summed E-state index contributed by atoms with van der Waals surface area (Å²) in [6.07, 6.45) is 1.15. The number of amides is 2. The number of carboxylic acids is 1. The van der Waals surface area contributed by atoms with Crippen LogP contribution in [0.5, 0.6) is 0 Å². The zero-order valence-corrected chi connectivity index (χ0v) is 12.0. The summed E-state index contributed by atoms with van der Waals surface area (Å²) in [5.41, 5.74) is 0.579. The van der Waals surface area contributed by atoms with Gasteiger partial charge in [-0.05, 0) is 52.4 Å². The van der Waals surface area contributed by atoms with E-state index in [9.17, 15) is 9.59 Å². The number of hydrogen-bond donors (Lipinski definition) is 3. The molecule has 6 heteroatoms. The van der Waals surface area contributed by atoms with Gasteiger partial charge in [-0.15, -0.1) is 0 Å². The summed E-state index contributed by atoms with van der Waals surface area (Å²) in [5.74, 6) is 0.222. The van der Waals surface area contributed by atoms with Crippen LogP contribution >= 0.6 is 15.9 Å². The maximum absolute atomic E-state index is 11.6. The van der Waals surface area contributed by atoms with Crippen LogP contribution in [-0.4, -0.2) is 23.7 Å². The Morgan fingerprint density at radius 2 is 2.16 bits per heavy atom. The van der Waals surface area contributed by atoms with E-state index in [-0.39, 0.29) is 11.6 Å². The first kappa shape index (κ1) is 13.9. The fourth-order valence-electron chi connectivity index (χ4n) is 1.85. The smallest absolute Gasteiger partial charge is 0.336 e. The van der Waals surface area contributed by atoms with Crippen molar-refractivity contribution in [3.63, 3.8) is 0 Å². The van der Waals surface area contributed by atoms with E-state index in [1.807, 2.05) is 0 Å². The van der Waals surface area contributed by atoms with Crippen LogP contribution in [0.2, 0.25) is 0 Å². The number of carbonyl (C=O) groups is 2. The summed E-state index contributed by atoms with van der Waals surface area (Å²) in [5, 5.41) is 14.4. The average molecular weight is 327 g/mol. The van der Waals surface area contributed by atoms with Crippen molar-refractivity contribution in [2.24, 2.45) is 11.8 Å².